The fraction of sp³-hybridized carbons (Fsp3) is 0.350. The van der Waals surface area contributed by atoms with E-state index in [0.717, 1.165) is 5.56 Å². The predicted octanol–water partition coefficient (Wildman–Crippen LogP) is 2.61. The molecule has 0 unspecified atom stereocenters. The average Bonchev–Trinajstić information content (AvgIpc) is 2.71. The maximum atomic E-state index is 12.5. The average molecular weight is 391 g/mol. The Bertz CT molecular complexity index is 819. The largest absolute Gasteiger partial charge is 0.382 e. The lowest BCUT2D eigenvalue weighted by Gasteiger charge is -2.20. The summed E-state index contributed by atoms with van der Waals surface area (Å²) >= 11 is 0. The minimum atomic E-state index is -3.27. The summed E-state index contributed by atoms with van der Waals surface area (Å²) in [5.74, 6) is -0.179. The number of amides is 1. The third kappa shape index (κ3) is 6.16. The molecule has 0 bridgehead atoms. The molecule has 2 aromatic carbocycles. The van der Waals surface area contributed by atoms with Crippen LogP contribution in [0.2, 0.25) is 0 Å². The topological polar surface area (TPSA) is 81.7 Å². The Hall–Kier alpha value is -2.22. The molecular weight excluding hydrogens is 366 g/mol. The summed E-state index contributed by atoms with van der Waals surface area (Å²) in [5.41, 5.74) is 1.32. The summed E-state index contributed by atoms with van der Waals surface area (Å²) in [4.78, 5) is 12.8. The van der Waals surface area contributed by atoms with E-state index in [-0.39, 0.29) is 23.2 Å². The van der Waals surface area contributed by atoms with Crippen molar-refractivity contribution in [2.75, 3.05) is 32.7 Å². The molecule has 27 heavy (non-hydrogen) atoms. The molecule has 0 radical (unpaired) electrons. The van der Waals surface area contributed by atoms with Gasteiger partial charge >= 0.3 is 0 Å². The van der Waals surface area contributed by atoms with Gasteiger partial charge in [0.05, 0.1) is 36.5 Å². The van der Waals surface area contributed by atoms with Crippen molar-refractivity contribution in [3.63, 3.8) is 0 Å². The third-order valence-electron chi connectivity index (χ3n) is 4.08. The molecule has 7 heteroatoms. The first kappa shape index (κ1) is 21.1. The summed E-state index contributed by atoms with van der Waals surface area (Å²) in [6.45, 7) is 2.71. The number of ether oxygens (including phenoxy) is 2. The van der Waals surface area contributed by atoms with Gasteiger partial charge < -0.3 is 14.8 Å². The number of sulfone groups is 1. The standard InChI is InChI=1S/C20H25NO5S/c1-3-27(23,24)18-11-9-16(10-12-18)19(15-26-14-13-25-2)21-20(22)17-7-5-4-6-8-17/h4-12,19H,3,13-15H2,1-2H3,(H,21,22)/t19-/m0/s1. The molecule has 0 aliphatic heterocycles. The predicted molar refractivity (Wildman–Crippen MR) is 104 cm³/mol. The van der Waals surface area contributed by atoms with E-state index in [9.17, 15) is 13.2 Å². The van der Waals surface area contributed by atoms with Gasteiger partial charge in [-0.2, -0.15) is 0 Å². The van der Waals surface area contributed by atoms with Gasteiger partial charge in [0.25, 0.3) is 5.91 Å². The highest BCUT2D eigenvalue weighted by atomic mass is 32.2. The van der Waals surface area contributed by atoms with Gasteiger partial charge in [-0.3, -0.25) is 4.79 Å². The molecule has 0 aliphatic rings. The lowest BCUT2D eigenvalue weighted by Crippen LogP contribution is -2.32. The molecule has 1 amide bonds. The van der Waals surface area contributed by atoms with Crippen LogP contribution in [0.4, 0.5) is 0 Å². The number of rotatable bonds is 10. The monoisotopic (exact) mass is 391 g/mol. The van der Waals surface area contributed by atoms with Gasteiger partial charge in [0.1, 0.15) is 0 Å². The van der Waals surface area contributed by atoms with Gasteiger partial charge in [-0.1, -0.05) is 37.3 Å². The highest BCUT2D eigenvalue weighted by Gasteiger charge is 2.18. The van der Waals surface area contributed by atoms with Crippen molar-refractivity contribution < 1.29 is 22.7 Å². The van der Waals surface area contributed by atoms with E-state index in [1.807, 2.05) is 6.07 Å². The van der Waals surface area contributed by atoms with Gasteiger partial charge in [0.15, 0.2) is 9.84 Å². The van der Waals surface area contributed by atoms with Crippen molar-refractivity contribution in [2.45, 2.75) is 17.9 Å². The third-order valence-corrected chi connectivity index (χ3v) is 5.83. The molecule has 1 atom stereocenters. The summed E-state index contributed by atoms with van der Waals surface area (Å²) in [7, 11) is -1.68. The molecule has 0 saturated carbocycles. The van der Waals surface area contributed by atoms with Crippen LogP contribution in [-0.4, -0.2) is 47.0 Å². The van der Waals surface area contributed by atoms with Crippen molar-refractivity contribution in [3.05, 3.63) is 65.7 Å². The Balaban J connectivity index is 2.17. The van der Waals surface area contributed by atoms with Gasteiger partial charge in [-0.25, -0.2) is 8.42 Å². The first-order valence-corrected chi connectivity index (χ1v) is 10.4. The zero-order chi connectivity index (χ0) is 19.7. The number of nitrogens with one attached hydrogen (secondary N) is 1. The van der Waals surface area contributed by atoms with Gasteiger partial charge in [-0.15, -0.1) is 0 Å². The van der Waals surface area contributed by atoms with E-state index in [4.69, 9.17) is 9.47 Å². The molecule has 1 N–H and O–H groups in total. The number of methoxy groups -OCH3 is 1. The second-order valence-corrected chi connectivity index (χ2v) is 8.21. The van der Waals surface area contributed by atoms with E-state index >= 15 is 0 Å². The summed E-state index contributed by atoms with van der Waals surface area (Å²) in [6, 6.07) is 15.0. The highest BCUT2D eigenvalue weighted by molar-refractivity contribution is 7.91. The Labute approximate surface area is 160 Å². The SMILES string of the molecule is CCS(=O)(=O)c1ccc([C@H](COCCOC)NC(=O)c2ccccc2)cc1. The van der Waals surface area contributed by atoms with E-state index in [0.29, 0.717) is 18.8 Å². The van der Waals surface area contributed by atoms with Crippen molar-refractivity contribution in [3.8, 4) is 0 Å². The molecule has 0 fully saturated rings. The maximum Gasteiger partial charge on any atom is 0.251 e. The summed E-state index contributed by atoms with van der Waals surface area (Å²) in [5, 5.41) is 2.94. The van der Waals surface area contributed by atoms with Crippen LogP contribution in [-0.2, 0) is 19.3 Å². The fourth-order valence-corrected chi connectivity index (χ4v) is 3.35. The van der Waals surface area contributed by atoms with Crippen LogP contribution in [0, 0.1) is 0 Å². The molecule has 0 saturated heterocycles. The quantitative estimate of drug-likeness (QED) is 0.630. The number of hydrogen-bond donors (Lipinski definition) is 1. The number of carbonyl (C=O) groups is 1. The number of hydrogen-bond acceptors (Lipinski definition) is 5. The first-order valence-electron chi connectivity index (χ1n) is 8.73. The van der Waals surface area contributed by atoms with Crippen LogP contribution in [0.5, 0.6) is 0 Å². The highest BCUT2D eigenvalue weighted by Crippen LogP contribution is 2.19. The first-order chi connectivity index (χ1) is 13.0. The van der Waals surface area contributed by atoms with E-state index in [2.05, 4.69) is 5.32 Å². The molecule has 0 aromatic heterocycles. The molecule has 6 nitrogen and oxygen atoms in total. The lowest BCUT2D eigenvalue weighted by molar-refractivity contribution is 0.0558. The van der Waals surface area contributed by atoms with Crippen LogP contribution in [0.3, 0.4) is 0 Å². The van der Waals surface area contributed by atoms with Gasteiger partial charge in [-0.05, 0) is 29.8 Å². The van der Waals surface area contributed by atoms with Crippen molar-refractivity contribution in [1.29, 1.82) is 0 Å². The van der Waals surface area contributed by atoms with Crippen LogP contribution in [0.1, 0.15) is 28.9 Å². The smallest absolute Gasteiger partial charge is 0.251 e. The Morgan fingerprint density at radius 3 is 2.30 bits per heavy atom. The molecule has 146 valence electrons. The number of carbonyl (C=O) groups excluding carboxylic acids is 1. The van der Waals surface area contributed by atoms with Gasteiger partial charge in [0.2, 0.25) is 0 Å². The Morgan fingerprint density at radius 2 is 1.70 bits per heavy atom. The normalized spacial score (nSPS) is 12.5. The van der Waals surface area contributed by atoms with Crippen LogP contribution in [0.15, 0.2) is 59.5 Å². The molecule has 0 spiro atoms. The van der Waals surface area contributed by atoms with E-state index < -0.39 is 15.9 Å². The maximum absolute atomic E-state index is 12.5. The second kappa shape index (κ2) is 10.2. The molecule has 0 heterocycles. The minimum absolute atomic E-state index is 0.0423. The van der Waals surface area contributed by atoms with Crippen molar-refractivity contribution in [2.24, 2.45) is 0 Å². The Kier molecular flexibility index (Phi) is 7.97. The van der Waals surface area contributed by atoms with Crippen LogP contribution in [0.25, 0.3) is 0 Å². The molecule has 2 rings (SSSR count). The zero-order valence-corrected chi connectivity index (χ0v) is 16.4. The molecule has 2 aromatic rings. The lowest BCUT2D eigenvalue weighted by atomic mass is 10.1. The minimum Gasteiger partial charge on any atom is -0.382 e. The summed E-state index contributed by atoms with van der Waals surface area (Å²) < 4.78 is 34.5. The van der Waals surface area contributed by atoms with Crippen molar-refractivity contribution >= 4 is 15.7 Å². The Morgan fingerprint density at radius 1 is 1.04 bits per heavy atom. The molecular formula is C20H25NO5S. The molecule has 0 aliphatic carbocycles. The zero-order valence-electron chi connectivity index (χ0n) is 15.6. The number of benzene rings is 2. The fourth-order valence-electron chi connectivity index (χ4n) is 2.47. The van der Waals surface area contributed by atoms with Crippen molar-refractivity contribution in [1.82, 2.24) is 5.32 Å². The van der Waals surface area contributed by atoms with Crippen LogP contribution < -0.4 is 5.32 Å². The van der Waals surface area contributed by atoms with Gasteiger partial charge in [0, 0.05) is 12.7 Å². The van der Waals surface area contributed by atoms with E-state index in [1.165, 1.54) is 0 Å². The van der Waals surface area contributed by atoms with E-state index in [1.54, 1.807) is 62.6 Å². The second-order valence-electron chi connectivity index (χ2n) is 5.93. The van der Waals surface area contributed by atoms with Crippen LogP contribution >= 0.6 is 0 Å². The summed E-state index contributed by atoms with van der Waals surface area (Å²) in [6.07, 6.45) is 0.